The number of rotatable bonds is 7. The number of carbonyl (C=O) groups is 1. The van der Waals surface area contributed by atoms with Gasteiger partial charge in [0.2, 0.25) is 5.91 Å². The zero-order valence-electron chi connectivity index (χ0n) is 19.1. The van der Waals surface area contributed by atoms with Crippen LogP contribution in [-0.2, 0) is 14.6 Å². The Labute approximate surface area is 199 Å². The minimum absolute atomic E-state index is 0.00898. The average molecular weight is 484 g/mol. The van der Waals surface area contributed by atoms with Crippen LogP contribution in [0.4, 0.5) is 0 Å². The first kappa shape index (κ1) is 23.6. The van der Waals surface area contributed by atoms with Crippen molar-refractivity contribution in [1.29, 1.82) is 0 Å². The first-order valence-corrected chi connectivity index (χ1v) is 13.8. The molecular weight excluding hydrogens is 454 g/mol. The van der Waals surface area contributed by atoms with Crippen molar-refractivity contribution in [2.45, 2.75) is 43.8 Å². The van der Waals surface area contributed by atoms with Crippen molar-refractivity contribution >= 4 is 27.5 Å². The molecule has 1 saturated heterocycles. The fraction of sp³-hybridized carbons (Fsp3) is 0.360. The molecule has 1 fully saturated rings. The largest absolute Gasteiger partial charge is 0.349 e. The second-order valence-electron chi connectivity index (χ2n) is 9.08. The molecule has 2 heterocycles. The van der Waals surface area contributed by atoms with Crippen LogP contribution in [0, 0.1) is 0 Å². The molecule has 0 saturated carbocycles. The molecule has 3 aromatic rings. The van der Waals surface area contributed by atoms with Crippen LogP contribution in [0.2, 0.25) is 0 Å². The number of aromatic nitrogens is 2. The van der Waals surface area contributed by atoms with Gasteiger partial charge in [-0.05, 0) is 30.9 Å². The minimum atomic E-state index is -3.09. The number of sulfone groups is 1. The van der Waals surface area contributed by atoms with Gasteiger partial charge in [-0.15, -0.1) is 0 Å². The highest BCUT2D eigenvalue weighted by atomic mass is 32.2. The number of benzene rings is 2. The van der Waals surface area contributed by atoms with E-state index >= 15 is 0 Å². The summed E-state index contributed by atoms with van der Waals surface area (Å²) in [5.74, 6) is 0.397. The third kappa shape index (κ3) is 5.33. The summed E-state index contributed by atoms with van der Waals surface area (Å²) in [7, 11) is -3.09. The van der Waals surface area contributed by atoms with E-state index in [0.29, 0.717) is 12.3 Å². The summed E-state index contributed by atoms with van der Waals surface area (Å²) >= 11 is 1.36. The minimum Gasteiger partial charge on any atom is -0.349 e. The Morgan fingerprint density at radius 1 is 1.15 bits per heavy atom. The van der Waals surface area contributed by atoms with Gasteiger partial charge in [-0.1, -0.05) is 74.1 Å². The van der Waals surface area contributed by atoms with Crippen LogP contribution < -0.4 is 5.32 Å². The van der Waals surface area contributed by atoms with Crippen LogP contribution in [0.1, 0.15) is 38.7 Å². The molecule has 1 amide bonds. The van der Waals surface area contributed by atoms with E-state index in [-0.39, 0.29) is 23.2 Å². The van der Waals surface area contributed by atoms with E-state index < -0.39 is 15.4 Å². The number of para-hydroxylation sites is 1. The molecule has 1 aromatic heterocycles. The molecule has 0 aliphatic carbocycles. The molecule has 8 heteroatoms. The number of carbonyl (C=O) groups excluding carboxylic acids is 1. The van der Waals surface area contributed by atoms with Gasteiger partial charge in [0.05, 0.1) is 40.4 Å². The molecule has 4 rings (SSSR count). The monoisotopic (exact) mass is 483 g/mol. The maximum absolute atomic E-state index is 12.7. The van der Waals surface area contributed by atoms with Gasteiger partial charge in [-0.25, -0.2) is 13.4 Å². The molecule has 0 bridgehead atoms. The second kappa shape index (κ2) is 9.35. The fourth-order valence-electron chi connectivity index (χ4n) is 4.27. The van der Waals surface area contributed by atoms with Crippen LogP contribution in [0.5, 0.6) is 0 Å². The molecule has 1 aliphatic heterocycles. The lowest BCUT2D eigenvalue weighted by atomic mass is 10.0. The third-order valence-electron chi connectivity index (χ3n) is 5.88. The summed E-state index contributed by atoms with van der Waals surface area (Å²) in [4.78, 5) is 17.4. The Balaban J connectivity index is 1.63. The summed E-state index contributed by atoms with van der Waals surface area (Å²) < 4.78 is 25.8. The molecule has 174 valence electrons. The summed E-state index contributed by atoms with van der Waals surface area (Å²) in [5.41, 5.74) is 3.54. The molecule has 0 spiro atoms. The molecule has 0 radical (unpaired) electrons. The Kier molecular flexibility index (Phi) is 6.68. The predicted molar refractivity (Wildman–Crippen MR) is 134 cm³/mol. The Hall–Kier alpha value is -2.58. The highest BCUT2D eigenvalue weighted by Gasteiger charge is 2.39. The molecule has 1 N–H and O–H groups in total. The molecule has 1 atom stereocenters. The van der Waals surface area contributed by atoms with Gasteiger partial charge < -0.3 is 5.32 Å². The lowest BCUT2D eigenvalue weighted by Gasteiger charge is -2.23. The van der Waals surface area contributed by atoms with Crippen molar-refractivity contribution in [3.05, 3.63) is 66.4 Å². The van der Waals surface area contributed by atoms with Crippen LogP contribution >= 0.6 is 11.8 Å². The summed E-state index contributed by atoms with van der Waals surface area (Å²) in [6.45, 7) is 6.12. The number of hydrogen-bond donors (Lipinski definition) is 1. The highest BCUT2D eigenvalue weighted by molar-refractivity contribution is 7.99. The number of nitrogens with one attached hydrogen (secondary N) is 1. The Bertz CT molecular complexity index is 1250. The lowest BCUT2D eigenvalue weighted by Crippen LogP contribution is -2.47. The average Bonchev–Trinajstić information content (AvgIpc) is 3.32. The highest BCUT2D eigenvalue weighted by Crippen LogP contribution is 2.33. The van der Waals surface area contributed by atoms with Gasteiger partial charge in [0.1, 0.15) is 0 Å². The van der Waals surface area contributed by atoms with Crippen LogP contribution in [0.15, 0.2) is 66.0 Å². The molecule has 1 aliphatic rings. The van der Waals surface area contributed by atoms with Crippen molar-refractivity contribution in [2.75, 3.05) is 17.3 Å². The van der Waals surface area contributed by atoms with E-state index in [0.717, 1.165) is 22.1 Å². The van der Waals surface area contributed by atoms with Crippen LogP contribution in [0.3, 0.4) is 0 Å². The first-order valence-electron chi connectivity index (χ1n) is 11.0. The second-order valence-corrected chi connectivity index (χ2v) is 12.2. The van der Waals surface area contributed by atoms with Crippen molar-refractivity contribution < 1.29 is 13.2 Å². The summed E-state index contributed by atoms with van der Waals surface area (Å²) in [6.07, 6.45) is 2.29. The number of amides is 1. The van der Waals surface area contributed by atoms with Crippen molar-refractivity contribution in [2.24, 2.45) is 0 Å². The molecule has 33 heavy (non-hydrogen) atoms. The van der Waals surface area contributed by atoms with Crippen molar-refractivity contribution in [3.63, 3.8) is 0 Å². The quantitative estimate of drug-likeness (QED) is 0.502. The van der Waals surface area contributed by atoms with E-state index in [4.69, 9.17) is 0 Å². The number of nitrogens with zero attached hydrogens (tertiary/aromatic N) is 2. The molecular formula is C25H29N3O3S2. The maximum atomic E-state index is 12.7. The normalized spacial score (nSPS) is 19.6. The lowest BCUT2D eigenvalue weighted by molar-refractivity contribution is -0.120. The van der Waals surface area contributed by atoms with E-state index in [1.165, 1.54) is 17.3 Å². The summed E-state index contributed by atoms with van der Waals surface area (Å²) in [6, 6.07) is 18.3. The standard InChI is InChI=1S/C25H29N3O3S2/c1-18(2)20-11-7-8-12-21(20)28-22(19-9-5-4-6-10-19)15-26-24(28)32-16-23(29)27-25(3)13-14-33(30,31)17-25/h4-12,15,18H,13-14,16-17H2,1-3H3,(H,27,29)/t25-/m0/s1. The van der Waals surface area contributed by atoms with Crippen molar-refractivity contribution in [3.8, 4) is 16.9 Å². The molecule has 2 aromatic carbocycles. The molecule has 6 nitrogen and oxygen atoms in total. The van der Waals surface area contributed by atoms with Gasteiger partial charge in [0.15, 0.2) is 15.0 Å². The van der Waals surface area contributed by atoms with Crippen molar-refractivity contribution in [1.82, 2.24) is 14.9 Å². The van der Waals surface area contributed by atoms with E-state index in [2.05, 4.69) is 40.8 Å². The zero-order chi connectivity index (χ0) is 23.6. The fourth-order valence-corrected chi connectivity index (χ4v) is 7.15. The smallest absolute Gasteiger partial charge is 0.230 e. The van der Waals surface area contributed by atoms with Gasteiger partial charge in [-0.2, -0.15) is 0 Å². The van der Waals surface area contributed by atoms with Gasteiger partial charge in [-0.3, -0.25) is 9.36 Å². The number of imidazole rings is 1. The number of thioether (sulfide) groups is 1. The van der Waals surface area contributed by atoms with Gasteiger partial charge in [0.25, 0.3) is 0 Å². The Morgan fingerprint density at radius 3 is 2.52 bits per heavy atom. The Morgan fingerprint density at radius 2 is 1.85 bits per heavy atom. The topological polar surface area (TPSA) is 81.1 Å². The number of hydrogen-bond acceptors (Lipinski definition) is 5. The van der Waals surface area contributed by atoms with Gasteiger partial charge >= 0.3 is 0 Å². The maximum Gasteiger partial charge on any atom is 0.230 e. The predicted octanol–water partition coefficient (Wildman–Crippen LogP) is 4.45. The summed E-state index contributed by atoms with van der Waals surface area (Å²) in [5, 5.41) is 3.66. The van der Waals surface area contributed by atoms with E-state index in [1.54, 1.807) is 6.92 Å². The third-order valence-corrected chi connectivity index (χ3v) is 8.73. The van der Waals surface area contributed by atoms with E-state index in [1.807, 2.05) is 48.7 Å². The van der Waals surface area contributed by atoms with E-state index in [9.17, 15) is 13.2 Å². The molecule has 0 unspecified atom stereocenters. The first-order chi connectivity index (χ1) is 15.7. The van der Waals surface area contributed by atoms with Crippen LogP contribution in [0.25, 0.3) is 16.9 Å². The van der Waals surface area contributed by atoms with Gasteiger partial charge in [0, 0.05) is 5.56 Å². The van der Waals surface area contributed by atoms with Crippen LogP contribution in [-0.4, -0.2) is 46.7 Å². The SMILES string of the molecule is CC(C)c1ccccc1-n1c(-c2ccccc2)cnc1SCC(=O)N[C@@]1(C)CCS(=O)(=O)C1. The zero-order valence-corrected chi connectivity index (χ0v) is 20.7.